The van der Waals surface area contributed by atoms with E-state index < -0.39 is 0 Å². The smallest absolute Gasteiger partial charge is 0.251 e. The van der Waals surface area contributed by atoms with Crippen LogP contribution in [0.1, 0.15) is 47.3 Å². The van der Waals surface area contributed by atoms with Crippen LogP contribution >= 0.6 is 0 Å². The van der Waals surface area contributed by atoms with Crippen molar-refractivity contribution in [2.75, 3.05) is 25.1 Å². The minimum atomic E-state index is -0.0693. The molecule has 0 spiro atoms. The van der Waals surface area contributed by atoms with Crippen LogP contribution in [-0.4, -0.2) is 37.1 Å². The van der Waals surface area contributed by atoms with Crippen molar-refractivity contribution >= 4 is 22.4 Å². The van der Waals surface area contributed by atoms with Gasteiger partial charge in [-0.25, -0.2) is 0 Å². The van der Waals surface area contributed by atoms with Crippen molar-refractivity contribution in [3.05, 3.63) is 102 Å². The Balaban J connectivity index is 1.12. The molecule has 0 aliphatic carbocycles. The summed E-state index contributed by atoms with van der Waals surface area (Å²) in [4.78, 5) is 19.0. The van der Waals surface area contributed by atoms with Crippen molar-refractivity contribution < 1.29 is 9.53 Å². The van der Waals surface area contributed by atoms with E-state index in [0.29, 0.717) is 18.2 Å². The summed E-state index contributed by atoms with van der Waals surface area (Å²) in [6.45, 7) is 4.71. The molecule has 1 unspecified atom stereocenters. The molecule has 6 heteroatoms. The second-order valence-electron chi connectivity index (χ2n) is 9.71. The van der Waals surface area contributed by atoms with Crippen molar-refractivity contribution in [2.24, 2.45) is 0 Å². The lowest BCUT2D eigenvalue weighted by molar-refractivity contribution is 0.0951. The molecule has 0 radical (unpaired) electrons. The number of carbonyl (C=O) groups is 1. The van der Waals surface area contributed by atoms with Crippen LogP contribution in [0.15, 0.2) is 85.2 Å². The molecule has 190 valence electrons. The quantitative estimate of drug-likeness (QED) is 0.339. The van der Waals surface area contributed by atoms with Gasteiger partial charge in [0.15, 0.2) is 0 Å². The number of amides is 1. The number of hydrogen-bond acceptors (Lipinski definition) is 5. The highest BCUT2D eigenvalue weighted by Gasteiger charge is 2.21. The van der Waals surface area contributed by atoms with Crippen molar-refractivity contribution in [3.63, 3.8) is 0 Å². The van der Waals surface area contributed by atoms with Gasteiger partial charge in [0, 0.05) is 55.4 Å². The second kappa shape index (κ2) is 11.4. The van der Waals surface area contributed by atoms with Gasteiger partial charge in [-0.1, -0.05) is 24.3 Å². The van der Waals surface area contributed by atoms with E-state index in [9.17, 15) is 4.79 Å². The maximum atomic E-state index is 12.5. The molecule has 0 saturated carbocycles. The molecule has 1 saturated heterocycles. The minimum absolute atomic E-state index is 0.0693. The van der Waals surface area contributed by atoms with Gasteiger partial charge in [0.25, 0.3) is 5.91 Å². The number of nitrogens with zero attached hydrogens (tertiary/aromatic N) is 2. The third kappa shape index (κ3) is 6.09. The van der Waals surface area contributed by atoms with Gasteiger partial charge in [0.1, 0.15) is 5.75 Å². The molecule has 3 aromatic carbocycles. The molecule has 2 N–H and O–H groups in total. The third-order valence-corrected chi connectivity index (χ3v) is 7.22. The normalized spacial score (nSPS) is 14.9. The summed E-state index contributed by atoms with van der Waals surface area (Å²) in [7, 11) is 1.70. The molecule has 37 heavy (non-hydrogen) atoms. The Bertz CT molecular complexity index is 1330. The number of hydrogen-bond donors (Lipinski definition) is 2. The number of carbonyl (C=O) groups excluding carboxylic acids is 1. The zero-order valence-corrected chi connectivity index (χ0v) is 21.5. The number of rotatable bonds is 8. The van der Waals surface area contributed by atoms with Gasteiger partial charge in [0.2, 0.25) is 0 Å². The minimum Gasteiger partial charge on any atom is -0.497 e. The van der Waals surface area contributed by atoms with E-state index in [4.69, 9.17) is 4.74 Å². The molecule has 1 atom stereocenters. The van der Waals surface area contributed by atoms with Crippen molar-refractivity contribution in [2.45, 2.75) is 38.4 Å². The summed E-state index contributed by atoms with van der Waals surface area (Å²) in [6.07, 6.45) is 5.67. The Morgan fingerprint density at radius 1 is 1.03 bits per heavy atom. The monoisotopic (exact) mass is 494 g/mol. The molecule has 1 amide bonds. The molecule has 4 aromatic rings. The fourth-order valence-corrected chi connectivity index (χ4v) is 5.00. The summed E-state index contributed by atoms with van der Waals surface area (Å²) < 4.78 is 5.35. The summed E-state index contributed by atoms with van der Waals surface area (Å²) in [6, 6.07) is 25.4. The maximum absolute atomic E-state index is 12.5. The number of fused-ring (bicyclic) bond motifs is 1. The molecule has 1 aliphatic heterocycles. The van der Waals surface area contributed by atoms with E-state index in [1.165, 1.54) is 22.0 Å². The molecule has 1 aliphatic rings. The topological polar surface area (TPSA) is 66.5 Å². The van der Waals surface area contributed by atoms with Crippen LogP contribution in [-0.2, 0) is 6.54 Å². The highest BCUT2D eigenvalue weighted by Crippen LogP contribution is 2.26. The Morgan fingerprint density at radius 2 is 1.78 bits per heavy atom. The van der Waals surface area contributed by atoms with Crippen LogP contribution in [0.4, 0.5) is 5.69 Å². The fraction of sp³-hybridized carbons (Fsp3) is 0.290. The van der Waals surface area contributed by atoms with E-state index in [1.54, 1.807) is 19.5 Å². The average molecular weight is 495 g/mol. The van der Waals surface area contributed by atoms with Gasteiger partial charge < -0.3 is 20.3 Å². The lowest BCUT2D eigenvalue weighted by Crippen LogP contribution is -2.43. The second-order valence-corrected chi connectivity index (χ2v) is 9.71. The Labute approximate surface area is 218 Å². The molecular weight excluding hydrogens is 460 g/mol. The molecule has 2 heterocycles. The first-order chi connectivity index (χ1) is 18.1. The van der Waals surface area contributed by atoms with Gasteiger partial charge in [-0.15, -0.1) is 0 Å². The van der Waals surface area contributed by atoms with Gasteiger partial charge in [-0.2, -0.15) is 0 Å². The number of benzene rings is 3. The SMILES string of the molecule is COc1ccc2cc(C(C)NC3CCN(c4ccc(C(=O)NCc5cccnc5)cc4)CC3)ccc2c1. The van der Waals surface area contributed by atoms with E-state index >= 15 is 0 Å². The third-order valence-electron chi connectivity index (χ3n) is 7.22. The number of piperidine rings is 1. The van der Waals surface area contributed by atoms with E-state index in [-0.39, 0.29) is 11.9 Å². The lowest BCUT2D eigenvalue weighted by atomic mass is 9.99. The average Bonchev–Trinajstić information content (AvgIpc) is 2.96. The van der Waals surface area contributed by atoms with Crippen LogP contribution in [0, 0.1) is 0 Å². The highest BCUT2D eigenvalue weighted by molar-refractivity contribution is 5.94. The molecule has 5 rings (SSSR count). The van der Waals surface area contributed by atoms with Gasteiger partial charge in [0.05, 0.1) is 7.11 Å². The van der Waals surface area contributed by atoms with E-state index in [1.807, 2.05) is 30.3 Å². The standard InChI is InChI=1S/C31H34N4O2/c1-22(25-5-6-27-19-30(37-2)12-9-26(27)18-25)34-28-13-16-35(17-14-28)29-10-7-24(8-11-29)31(36)33-21-23-4-3-15-32-20-23/h3-12,15,18-20,22,28,34H,13-14,16-17,21H2,1-2H3,(H,33,36). The Kier molecular flexibility index (Phi) is 7.66. The van der Waals surface area contributed by atoms with Crippen LogP contribution in [0.3, 0.4) is 0 Å². The van der Waals surface area contributed by atoms with Gasteiger partial charge in [-0.3, -0.25) is 9.78 Å². The number of nitrogens with one attached hydrogen (secondary N) is 2. The zero-order valence-electron chi connectivity index (χ0n) is 21.5. The van der Waals surface area contributed by atoms with E-state index in [2.05, 4.69) is 69.9 Å². The molecule has 1 fully saturated rings. The Hall–Kier alpha value is -3.90. The fourth-order valence-electron chi connectivity index (χ4n) is 5.00. The van der Waals surface area contributed by atoms with Crippen LogP contribution in [0.5, 0.6) is 5.75 Å². The Morgan fingerprint density at radius 3 is 2.51 bits per heavy atom. The number of pyridine rings is 1. The first kappa shape index (κ1) is 24.8. The van der Waals surface area contributed by atoms with Crippen LogP contribution < -0.4 is 20.3 Å². The largest absolute Gasteiger partial charge is 0.497 e. The molecular formula is C31H34N4O2. The molecule has 6 nitrogen and oxygen atoms in total. The van der Waals surface area contributed by atoms with Crippen LogP contribution in [0.25, 0.3) is 10.8 Å². The summed E-state index contributed by atoms with van der Waals surface area (Å²) >= 11 is 0. The maximum Gasteiger partial charge on any atom is 0.251 e. The number of anilines is 1. The van der Waals surface area contributed by atoms with Crippen molar-refractivity contribution in [1.29, 1.82) is 0 Å². The lowest BCUT2D eigenvalue weighted by Gasteiger charge is -2.35. The summed E-state index contributed by atoms with van der Waals surface area (Å²) in [5, 5.41) is 9.22. The first-order valence-electron chi connectivity index (χ1n) is 12.9. The molecule has 0 bridgehead atoms. The summed E-state index contributed by atoms with van der Waals surface area (Å²) in [5.74, 6) is 0.817. The predicted octanol–water partition coefficient (Wildman–Crippen LogP) is 5.49. The van der Waals surface area contributed by atoms with Crippen molar-refractivity contribution in [3.8, 4) is 5.75 Å². The van der Waals surface area contributed by atoms with E-state index in [0.717, 1.165) is 37.2 Å². The number of ether oxygens (including phenoxy) is 1. The summed E-state index contributed by atoms with van der Waals surface area (Å²) in [5.41, 5.74) is 4.13. The number of methoxy groups -OCH3 is 1. The highest BCUT2D eigenvalue weighted by atomic mass is 16.5. The predicted molar refractivity (Wildman–Crippen MR) is 149 cm³/mol. The van der Waals surface area contributed by atoms with Gasteiger partial charge >= 0.3 is 0 Å². The first-order valence-corrected chi connectivity index (χ1v) is 12.9. The van der Waals surface area contributed by atoms with Crippen LogP contribution in [0.2, 0.25) is 0 Å². The molecule has 1 aromatic heterocycles. The van der Waals surface area contributed by atoms with Gasteiger partial charge in [-0.05, 0) is 90.2 Å². The number of aromatic nitrogens is 1. The zero-order chi connectivity index (χ0) is 25.6. The van der Waals surface area contributed by atoms with Crippen molar-refractivity contribution in [1.82, 2.24) is 15.6 Å².